The van der Waals surface area contributed by atoms with Gasteiger partial charge in [-0.1, -0.05) is 12.1 Å². The maximum Gasteiger partial charge on any atom is 0.430 e. The number of nitrogens with one attached hydrogen (secondary N) is 2. The van der Waals surface area contributed by atoms with Crippen LogP contribution in [0.2, 0.25) is 0 Å². The number of carbonyl (C=O) groups excluding carboxylic acids is 3. The fourth-order valence-corrected chi connectivity index (χ4v) is 4.44. The van der Waals surface area contributed by atoms with E-state index < -0.39 is 12.1 Å². The summed E-state index contributed by atoms with van der Waals surface area (Å²) in [6.07, 6.45) is 2.65. The number of aromatic nitrogens is 1. The zero-order chi connectivity index (χ0) is 33.1. The largest absolute Gasteiger partial charge is 0.542 e. The molecule has 1 amide bonds. The Morgan fingerprint density at radius 3 is 1.60 bits per heavy atom. The highest BCUT2D eigenvalue weighted by molar-refractivity contribution is 6.14. The highest BCUT2D eigenvalue weighted by atomic mass is 19.4. The topological polar surface area (TPSA) is 137 Å². The summed E-state index contributed by atoms with van der Waals surface area (Å²) in [6.45, 7) is 0. The van der Waals surface area contributed by atoms with Gasteiger partial charge in [0.15, 0.2) is 41.2 Å². The van der Waals surface area contributed by atoms with Crippen molar-refractivity contribution in [2.45, 2.75) is 25.1 Å². The highest BCUT2D eigenvalue weighted by Gasteiger charge is 2.30. The Labute approximate surface area is 257 Å². The minimum absolute atomic E-state index is 0.0746. The zero-order valence-corrected chi connectivity index (χ0v) is 24.8. The number of aliphatic carboxylic acids is 1. The van der Waals surface area contributed by atoms with E-state index in [1.54, 1.807) is 65.1 Å². The van der Waals surface area contributed by atoms with Crippen molar-refractivity contribution in [3.63, 3.8) is 0 Å². The van der Waals surface area contributed by atoms with Crippen molar-refractivity contribution in [1.29, 1.82) is 0 Å². The van der Waals surface area contributed by atoms with Gasteiger partial charge in [-0.2, -0.15) is 13.2 Å². The molecule has 0 radical (unpaired) electrons. The monoisotopic (exact) mass is 628 g/mol. The molecule has 0 saturated heterocycles. The van der Waals surface area contributed by atoms with Gasteiger partial charge in [-0.3, -0.25) is 9.59 Å². The van der Waals surface area contributed by atoms with Crippen molar-refractivity contribution in [1.82, 2.24) is 5.32 Å². The SMILES string of the molecule is COc1ccc(/C=C2\CC(NC(=O)c3cc[nH+]cc3)C/C(=C\c3ccc(OC)c(OC)c3)C2=O)cc1OC.O=C([O-])C(F)(F)F. The lowest BCUT2D eigenvalue weighted by Gasteiger charge is -2.27. The van der Waals surface area contributed by atoms with Gasteiger partial charge in [0, 0.05) is 29.3 Å². The number of carboxylic acid groups (broad SMARTS) is 1. The Hall–Kier alpha value is -5.33. The van der Waals surface area contributed by atoms with E-state index in [2.05, 4.69) is 10.3 Å². The van der Waals surface area contributed by atoms with Gasteiger partial charge in [-0.05, 0) is 60.4 Å². The number of ether oxygens (including phenoxy) is 4. The van der Waals surface area contributed by atoms with Gasteiger partial charge in [-0.25, -0.2) is 4.98 Å². The first-order valence-corrected chi connectivity index (χ1v) is 13.3. The minimum Gasteiger partial charge on any atom is -0.542 e. The molecule has 0 bridgehead atoms. The third-order valence-electron chi connectivity index (χ3n) is 6.56. The summed E-state index contributed by atoms with van der Waals surface area (Å²) in [4.78, 5) is 38.3. The molecule has 0 unspecified atom stereocenters. The van der Waals surface area contributed by atoms with Crippen LogP contribution in [0.15, 0.2) is 72.1 Å². The van der Waals surface area contributed by atoms with E-state index in [1.807, 2.05) is 36.4 Å². The number of aromatic amines is 1. The number of amides is 1. The standard InChI is InChI=1S/C30H30N2O6.C2HF3O2/c1-35-25-7-5-19(15-27(25)37-3)13-22-17-24(32-30(34)21-9-11-31-12-10-21)18-23(29(22)33)14-20-6-8-26(36-2)28(16-20)38-4;3-2(4,5)1(6)7/h5-16,24H,17-18H2,1-4H3,(H,32,34);(H,6,7)/b22-13+,23-14+;. The van der Waals surface area contributed by atoms with Crippen LogP contribution in [0.5, 0.6) is 23.0 Å². The number of rotatable bonds is 8. The van der Waals surface area contributed by atoms with Crippen molar-refractivity contribution in [2.24, 2.45) is 0 Å². The van der Waals surface area contributed by atoms with Gasteiger partial charge >= 0.3 is 6.18 Å². The van der Waals surface area contributed by atoms with Gasteiger partial charge in [-0.15, -0.1) is 0 Å². The number of alkyl halides is 3. The first kappa shape index (κ1) is 34.2. The molecule has 2 N–H and O–H groups in total. The summed E-state index contributed by atoms with van der Waals surface area (Å²) in [5.41, 5.74) is 3.30. The lowest BCUT2D eigenvalue weighted by molar-refractivity contribution is -0.378. The first-order chi connectivity index (χ1) is 21.4. The second-order valence-electron chi connectivity index (χ2n) is 9.55. The molecule has 45 heavy (non-hydrogen) atoms. The molecule has 4 rings (SSSR count). The normalized spacial score (nSPS) is 16.3. The van der Waals surface area contributed by atoms with Crippen LogP contribution < -0.4 is 34.4 Å². The van der Waals surface area contributed by atoms with E-state index in [-0.39, 0.29) is 17.7 Å². The summed E-state index contributed by atoms with van der Waals surface area (Å²) in [7, 11) is 6.28. The number of hydrogen-bond acceptors (Lipinski definition) is 8. The van der Waals surface area contributed by atoms with Gasteiger partial charge in [0.2, 0.25) is 0 Å². The molecular formula is C32H31F3N2O8. The molecule has 1 aliphatic carbocycles. The van der Waals surface area contributed by atoms with Crippen LogP contribution in [0.1, 0.15) is 34.3 Å². The van der Waals surface area contributed by atoms with Crippen molar-refractivity contribution in [3.05, 3.63) is 88.8 Å². The van der Waals surface area contributed by atoms with Crippen molar-refractivity contribution in [2.75, 3.05) is 28.4 Å². The maximum atomic E-state index is 13.6. The Balaban J connectivity index is 0.000000707. The van der Waals surface area contributed by atoms with Crippen LogP contribution in [0, 0.1) is 0 Å². The predicted molar refractivity (Wildman–Crippen MR) is 155 cm³/mol. The van der Waals surface area contributed by atoms with Gasteiger partial charge in [0.05, 0.1) is 34.0 Å². The second kappa shape index (κ2) is 15.4. The molecular weight excluding hydrogens is 597 g/mol. The second-order valence-corrected chi connectivity index (χ2v) is 9.55. The highest BCUT2D eigenvalue weighted by Crippen LogP contribution is 2.34. The van der Waals surface area contributed by atoms with Crippen LogP contribution in [-0.4, -0.2) is 58.3 Å². The van der Waals surface area contributed by atoms with E-state index in [0.717, 1.165) is 11.1 Å². The van der Waals surface area contributed by atoms with Crippen molar-refractivity contribution in [3.8, 4) is 23.0 Å². The Morgan fingerprint density at radius 1 is 0.800 bits per heavy atom. The molecule has 10 nitrogen and oxygen atoms in total. The summed E-state index contributed by atoms with van der Waals surface area (Å²) in [6, 6.07) is 14.1. The Morgan fingerprint density at radius 2 is 1.22 bits per heavy atom. The quantitative estimate of drug-likeness (QED) is 0.375. The molecule has 0 atom stereocenters. The summed E-state index contributed by atoms with van der Waals surface area (Å²) in [5.74, 6) is -0.946. The molecule has 238 valence electrons. The van der Waals surface area contributed by atoms with E-state index >= 15 is 0 Å². The average Bonchev–Trinajstić information content (AvgIpc) is 3.03. The molecule has 2 aromatic carbocycles. The number of H-pyrrole nitrogens is 1. The number of benzene rings is 2. The number of Topliss-reactive ketones (excluding diaryl/α,β-unsaturated/α-hetero) is 1. The molecule has 1 fully saturated rings. The minimum atomic E-state index is -5.19. The molecule has 13 heteroatoms. The van der Waals surface area contributed by atoms with E-state index in [4.69, 9.17) is 28.8 Å². The fourth-order valence-electron chi connectivity index (χ4n) is 4.44. The summed E-state index contributed by atoms with van der Waals surface area (Å²) >= 11 is 0. The third kappa shape index (κ3) is 9.33. The number of carboxylic acids is 1. The molecule has 1 aliphatic rings. The lowest BCUT2D eigenvalue weighted by atomic mass is 9.83. The van der Waals surface area contributed by atoms with Crippen LogP contribution >= 0.6 is 0 Å². The zero-order valence-electron chi connectivity index (χ0n) is 24.8. The van der Waals surface area contributed by atoms with Crippen LogP contribution in [0.4, 0.5) is 13.2 Å². The first-order valence-electron chi connectivity index (χ1n) is 13.3. The number of carbonyl (C=O) groups is 3. The lowest BCUT2D eigenvalue weighted by Crippen LogP contribution is -2.39. The van der Waals surface area contributed by atoms with E-state index in [0.29, 0.717) is 52.5 Å². The smallest absolute Gasteiger partial charge is 0.430 e. The van der Waals surface area contributed by atoms with Crippen molar-refractivity contribution >= 4 is 29.8 Å². The van der Waals surface area contributed by atoms with Crippen LogP contribution in [-0.2, 0) is 9.59 Å². The number of hydrogen-bond donors (Lipinski definition) is 1. The molecule has 3 aromatic rings. The maximum absolute atomic E-state index is 13.6. The van der Waals surface area contributed by atoms with Crippen molar-refractivity contribution < 1.29 is 56.6 Å². The Bertz CT molecular complexity index is 1510. The van der Waals surface area contributed by atoms with Crippen LogP contribution in [0.25, 0.3) is 12.2 Å². The Kier molecular flexibility index (Phi) is 11.7. The van der Waals surface area contributed by atoms with E-state index in [1.165, 1.54) is 0 Å². The molecule has 1 heterocycles. The molecule has 1 saturated carbocycles. The van der Waals surface area contributed by atoms with E-state index in [9.17, 15) is 22.8 Å². The van der Waals surface area contributed by atoms with Gasteiger partial charge < -0.3 is 34.2 Å². The summed E-state index contributed by atoms with van der Waals surface area (Å²) < 4.78 is 53.1. The third-order valence-corrected chi connectivity index (χ3v) is 6.56. The van der Waals surface area contributed by atoms with Gasteiger partial charge in [0.25, 0.3) is 5.91 Å². The van der Waals surface area contributed by atoms with Crippen LogP contribution in [0.3, 0.4) is 0 Å². The van der Waals surface area contributed by atoms with Gasteiger partial charge in [0.1, 0.15) is 5.97 Å². The average molecular weight is 629 g/mol. The fraction of sp³-hybridized carbons (Fsp3) is 0.250. The molecule has 0 spiro atoms. The number of ketones is 1. The number of halogens is 3. The molecule has 0 aliphatic heterocycles. The number of pyridine rings is 1. The molecule has 1 aromatic heterocycles. The number of methoxy groups -OCH3 is 4. The summed E-state index contributed by atoms with van der Waals surface area (Å²) in [5, 5.41) is 11.9. The predicted octanol–water partition coefficient (Wildman–Crippen LogP) is 3.46.